The summed E-state index contributed by atoms with van der Waals surface area (Å²) in [6, 6.07) is 1.57. The second-order valence-corrected chi connectivity index (χ2v) is 5.41. The van der Waals surface area contributed by atoms with Crippen molar-refractivity contribution in [3.63, 3.8) is 0 Å². The highest BCUT2D eigenvalue weighted by Crippen LogP contribution is 2.07. The van der Waals surface area contributed by atoms with E-state index in [0.717, 1.165) is 38.5 Å². The second kappa shape index (κ2) is 10.8. The number of carbonyl (C=O) groups is 2. The van der Waals surface area contributed by atoms with Crippen molar-refractivity contribution in [1.29, 1.82) is 0 Å². The first-order valence-corrected chi connectivity index (χ1v) is 8.15. The van der Waals surface area contributed by atoms with Gasteiger partial charge in [-0.25, -0.2) is 0 Å². The number of amides is 2. The molecule has 0 aliphatic carbocycles. The monoisotopic (exact) mass is 309 g/mol. The number of unbranched alkanes of at least 4 members (excludes halogenated alkanes) is 4. The van der Waals surface area contributed by atoms with Crippen LogP contribution in [0, 0.1) is 0 Å². The lowest BCUT2D eigenvalue weighted by Crippen LogP contribution is -2.38. The van der Waals surface area contributed by atoms with Crippen LogP contribution in [0.3, 0.4) is 0 Å². The van der Waals surface area contributed by atoms with Crippen molar-refractivity contribution in [2.24, 2.45) is 0 Å². The molecule has 1 aromatic rings. The van der Waals surface area contributed by atoms with E-state index in [1.165, 1.54) is 6.26 Å². The molecule has 1 N–H and O–H groups in total. The number of carbonyl (C=O) groups excluding carboxylic acids is 2. The summed E-state index contributed by atoms with van der Waals surface area (Å²) in [6.07, 6.45) is 8.05. The van der Waals surface area contributed by atoms with Gasteiger partial charge in [0, 0.05) is 19.0 Å². The highest BCUT2D eigenvalue weighted by molar-refractivity contribution is 5.93. The zero-order valence-electron chi connectivity index (χ0n) is 13.6. The zero-order valence-corrected chi connectivity index (χ0v) is 13.6. The standard InChI is InChI=1S/C16H27N3O3/c1-3-5-7-8-9-16(21)19(11-6-4-2)13-15(20)17-14-10-12-22-18-14/h10,12H,3-9,11,13H2,1-2H3,(H,17,18,20). The maximum Gasteiger partial charge on any atom is 0.245 e. The predicted molar refractivity (Wildman–Crippen MR) is 85.4 cm³/mol. The van der Waals surface area contributed by atoms with Crippen LogP contribution in [-0.2, 0) is 9.59 Å². The van der Waals surface area contributed by atoms with Gasteiger partial charge in [0.1, 0.15) is 6.26 Å². The fraction of sp³-hybridized carbons (Fsp3) is 0.688. The minimum absolute atomic E-state index is 0.0554. The van der Waals surface area contributed by atoms with Crippen LogP contribution in [0.2, 0.25) is 0 Å². The second-order valence-electron chi connectivity index (χ2n) is 5.41. The first kappa shape index (κ1) is 18.2. The van der Waals surface area contributed by atoms with E-state index in [1.807, 2.05) is 0 Å². The number of hydrogen-bond donors (Lipinski definition) is 1. The summed E-state index contributed by atoms with van der Waals surface area (Å²) < 4.78 is 4.66. The van der Waals surface area contributed by atoms with E-state index < -0.39 is 0 Å². The minimum atomic E-state index is -0.244. The average Bonchev–Trinajstić information content (AvgIpc) is 3.00. The van der Waals surface area contributed by atoms with Gasteiger partial charge in [0.15, 0.2) is 5.82 Å². The van der Waals surface area contributed by atoms with E-state index in [1.54, 1.807) is 11.0 Å². The normalized spacial score (nSPS) is 10.5. The Bertz CT molecular complexity index is 432. The lowest BCUT2D eigenvalue weighted by Gasteiger charge is -2.21. The molecule has 0 spiro atoms. The molecule has 1 aromatic heterocycles. The van der Waals surface area contributed by atoms with Crippen molar-refractivity contribution in [1.82, 2.24) is 10.1 Å². The summed E-state index contributed by atoms with van der Waals surface area (Å²) >= 11 is 0. The van der Waals surface area contributed by atoms with Crippen molar-refractivity contribution < 1.29 is 14.1 Å². The molecule has 0 saturated carbocycles. The van der Waals surface area contributed by atoms with Crippen LogP contribution in [0.4, 0.5) is 5.82 Å². The number of anilines is 1. The number of hydrogen-bond acceptors (Lipinski definition) is 4. The Labute approximate surface area is 132 Å². The smallest absolute Gasteiger partial charge is 0.245 e. The first-order valence-electron chi connectivity index (χ1n) is 8.15. The van der Waals surface area contributed by atoms with Crippen molar-refractivity contribution in [3.05, 3.63) is 12.3 Å². The Morgan fingerprint density at radius 2 is 1.95 bits per heavy atom. The molecule has 0 fully saturated rings. The van der Waals surface area contributed by atoms with Crippen molar-refractivity contribution >= 4 is 17.6 Å². The van der Waals surface area contributed by atoms with E-state index >= 15 is 0 Å². The lowest BCUT2D eigenvalue weighted by atomic mass is 10.1. The SMILES string of the molecule is CCCCCCC(=O)N(CCCC)CC(=O)Nc1ccon1. The van der Waals surface area contributed by atoms with Crippen LogP contribution in [0.25, 0.3) is 0 Å². The van der Waals surface area contributed by atoms with Gasteiger partial charge in [-0.1, -0.05) is 44.7 Å². The molecule has 0 aromatic carbocycles. The van der Waals surface area contributed by atoms with Crippen LogP contribution in [-0.4, -0.2) is 35.0 Å². The maximum atomic E-state index is 12.3. The number of aromatic nitrogens is 1. The highest BCUT2D eigenvalue weighted by atomic mass is 16.5. The molecule has 1 heterocycles. The molecule has 6 heteroatoms. The third-order valence-electron chi connectivity index (χ3n) is 3.42. The molecule has 0 aliphatic rings. The molecule has 6 nitrogen and oxygen atoms in total. The number of nitrogens with one attached hydrogen (secondary N) is 1. The van der Waals surface area contributed by atoms with E-state index in [0.29, 0.717) is 18.8 Å². The molecule has 0 unspecified atom stereocenters. The molecule has 0 aliphatic heterocycles. The third kappa shape index (κ3) is 7.24. The summed E-state index contributed by atoms with van der Waals surface area (Å²) in [7, 11) is 0. The van der Waals surface area contributed by atoms with Gasteiger partial charge in [-0.3, -0.25) is 9.59 Å². The average molecular weight is 309 g/mol. The molecular formula is C16H27N3O3. The Morgan fingerprint density at radius 3 is 2.59 bits per heavy atom. The lowest BCUT2D eigenvalue weighted by molar-refractivity contribution is -0.134. The molecule has 1 rings (SSSR count). The Balaban J connectivity index is 2.44. The summed E-state index contributed by atoms with van der Waals surface area (Å²) in [5.41, 5.74) is 0. The summed E-state index contributed by atoms with van der Waals surface area (Å²) in [5, 5.41) is 6.25. The fourth-order valence-corrected chi connectivity index (χ4v) is 2.13. The van der Waals surface area contributed by atoms with Gasteiger partial charge in [0.2, 0.25) is 11.8 Å². The number of nitrogens with zero attached hydrogens (tertiary/aromatic N) is 2. The summed E-state index contributed by atoms with van der Waals surface area (Å²) in [4.78, 5) is 25.9. The fourth-order valence-electron chi connectivity index (χ4n) is 2.13. The van der Waals surface area contributed by atoms with Gasteiger partial charge >= 0.3 is 0 Å². The topological polar surface area (TPSA) is 75.4 Å². The first-order chi connectivity index (χ1) is 10.7. The highest BCUT2D eigenvalue weighted by Gasteiger charge is 2.17. The Morgan fingerprint density at radius 1 is 1.18 bits per heavy atom. The van der Waals surface area contributed by atoms with Gasteiger partial charge in [-0.05, 0) is 12.8 Å². The van der Waals surface area contributed by atoms with Crippen LogP contribution in [0.15, 0.2) is 16.9 Å². The van der Waals surface area contributed by atoms with Gasteiger partial charge in [0.25, 0.3) is 0 Å². The van der Waals surface area contributed by atoms with E-state index in [4.69, 9.17) is 0 Å². The molecule has 0 saturated heterocycles. The van der Waals surface area contributed by atoms with Crippen LogP contribution < -0.4 is 5.32 Å². The quantitative estimate of drug-likeness (QED) is 0.637. The Hall–Kier alpha value is -1.85. The third-order valence-corrected chi connectivity index (χ3v) is 3.42. The zero-order chi connectivity index (χ0) is 16.2. The van der Waals surface area contributed by atoms with Crippen molar-refractivity contribution in [2.75, 3.05) is 18.4 Å². The number of rotatable bonds is 11. The van der Waals surface area contributed by atoms with Crippen LogP contribution in [0.1, 0.15) is 58.8 Å². The summed E-state index contributed by atoms with van der Waals surface area (Å²) in [5.74, 6) is 0.183. The van der Waals surface area contributed by atoms with Crippen molar-refractivity contribution in [3.8, 4) is 0 Å². The molecule has 22 heavy (non-hydrogen) atoms. The summed E-state index contributed by atoms with van der Waals surface area (Å²) in [6.45, 7) is 4.90. The van der Waals surface area contributed by atoms with Gasteiger partial charge in [-0.2, -0.15) is 0 Å². The molecule has 0 radical (unpaired) electrons. The predicted octanol–water partition coefficient (Wildman–Crippen LogP) is 3.21. The molecule has 0 bridgehead atoms. The maximum absolute atomic E-state index is 12.3. The van der Waals surface area contributed by atoms with Crippen LogP contribution >= 0.6 is 0 Å². The molecule has 0 atom stereocenters. The van der Waals surface area contributed by atoms with Gasteiger partial charge in [0.05, 0.1) is 6.54 Å². The minimum Gasteiger partial charge on any atom is -0.363 e. The van der Waals surface area contributed by atoms with Gasteiger partial charge < -0.3 is 14.7 Å². The van der Waals surface area contributed by atoms with E-state index in [9.17, 15) is 9.59 Å². The largest absolute Gasteiger partial charge is 0.363 e. The van der Waals surface area contributed by atoms with E-state index in [-0.39, 0.29) is 18.4 Å². The van der Waals surface area contributed by atoms with Gasteiger partial charge in [-0.15, -0.1) is 0 Å². The van der Waals surface area contributed by atoms with Crippen LogP contribution in [0.5, 0.6) is 0 Å². The Kier molecular flexibility index (Phi) is 8.95. The van der Waals surface area contributed by atoms with Crippen molar-refractivity contribution in [2.45, 2.75) is 58.8 Å². The molecular weight excluding hydrogens is 282 g/mol. The molecule has 124 valence electrons. The molecule has 2 amide bonds. The van der Waals surface area contributed by atoms with E-state index in [2.05, 4.69) is 28.8 Å².